The second-order valence-corrected chi connectivity index (χ2v) is 5.25. The van der Waals surface area contributed by atoms with E-state index >= 15 is 0 Å². The molecule has 0 aromatic heterocycles. The number of hydrazine groups is 1. The minimum Gasteiger partial charge on any atom is -0.443 e. The highest BCUT2D eigenvalue weighted by molar-refractivity contribution is 5.67. The molecule has 1 saturated heterocycles. The molecule has 2 N–H and O–H groups in total. The SMILES string of the molecule is CC(C)(C)OC(=O)NN[C@H]1CCN(CCF)C1. The zero-order valence-corrected chi connectivity index (χ0v) is 10.8. The van der Waals surface area contributed by atoms with Crippen LogP contribution in [0.4, 0.5) is 9.18 Å². The van der Waals surface area contributed by atoms with Crippen molar-refractivity contribution in [1.29, 1.82) is 0 Å². The van der Waals surface area contributed by atoms with Gasteiger partial charge in [-0.25, -0.2) is 14.6 Å². The number of carbonyl (C=O) groups excluding carboxylic acids is 1. The van der Waals surface area contributed by atoms with Crippen molar-refractivity contribution in [2.75, 3.05) is 26.3 Å². The average molecular weight is 247 g/mol. The van der Waals surface area contributed by atoms with Crippen molar-refractivity contribution >= 4 is 6.09 Å². The Morgan fingerprint density at radius 1 is 1.53 bits per heavy atom. The number of hydrogen-bond acceptors (Lipinski definition) is 4. The summed E-state index contributed by atoms with van der Waals surface area (Å²) in [4.78, 5) is 13.4. The van der Waals surface area contributed by atoms with Crippen LogP contribution in [0.25, 0.3) is 0 Å². The fourth-order valence-corrected chi connectivity index (χ4v) is 1.74. The topological polar surface area (TPSA) is 53.6 Å². The maximum absolute atomic E-state index is 12.1. The Balaban J connectivity index is 2.17. The molecule has 0 spiro atoms. The van der Waals surface area contributed by atoms with Gasteiger partial charge in [-0.05, 0) is 33.7 Å². The third-order valence-corrected chi connectivity index (χ3v) is 2.45. The molecule has 5 nitrogen and oxygen atoms in total. The lowest BCUT2D eigenvalue weighted by atomic mass is 10.2. The maximum atomic E-state index is 12.1. The summed E-state index contributed by atoms with van der Waals surface area (Å²) in [7, 11) is 0. The summed E-state index contributed by atoms with van der Waals surface area (Å²) in [6.07, 6.45) is 0.414. The van der Waals surface area contributed by atoms with Crippen LogP contribution in [-0.2, 0) is 4.74 Å². The summed E-state index contributed by atoms with van der Waals surface area (Å²) in [5, 5.41) is 0. The Bertz CT molecular complexity index is 256. The quantitative estimate of drug-likeness (QED) is 0.729. The molecule has 0 aromatic carbocycles. The molecule has 6 heteroatoms. The Kier molecular flexibility index (Phi) is 5.14. The van der Waals surface area contributed by atoms with Gasteiger partial charge < -0.3 is 4.74 Å². The summed E-state index contributed by atoms with van der Waals surface area (Å²) in [6.45, 7) is 7.18. The minimum absolute atomic E-state index is 0.161. The summed E-state index contributed by atoms with van der Waals surface area (Å²) in [6, 6.07) is 0.161. The van der Waals surface area contributed by atoms with Crippen LogP contribution in [0.1, 0.15) is 27.2 Å². The number of carbonyl (C=O) groups is 1. The van der Waals surface area contributed by atoms with E-state index in [1.54, 1.807) is 0 Å². The van der Waals surface area contributed by atoms with Crippen molar-refractivity contribution < 1.29 is 13.9 Å². The molecule has 1 amide bonds. The lowest BCUT2D eigenvalue weighted by Crippen LogP contribution is -2.47. The monoisotopic (exact) mass is 247 g/mol. The Morgan fingerprint density at radius 3 is 2.82 bits per heavy atom. The lowest BCUT2D eigenvalue weighted by Gasteiger charge is -2.21. The Morgan fingerprint density at radius 2 is 2.24 bits per heavy atom. The second-order valence-electron chi connectivity index (χ2n) is 5.25. The van der Waals surface area contributed by atoms with Crippen LogP contribution in [0.3, 0.4) is 0 Å². The van der Waals surface area contributed by atoms with Crippen LogP contribution in [0.2, 0.25) is 0 Å². The van der Waals surface area contributed by atoms with E-state index in [9.17, 15) is 9.18 Å². The van der Waals surface area contributed by atoms with E-state index in [-0.39, 0.29) is 12.7 Å². The van der Waals surface area contributed by atoms with Gasteiger partial charge in [0.1, 0.15) is 12.3 Å². The van der Waals surface area contributed by atoms with Gasteiger partial charge in [-0.1, -0.05) is 0 Å². The van der Waals surface area contributed by atoms with Crippen molar-refractivity contribution in [2.45, 2.75) is 38.8 Å². The van der Waals surface area contributed by atoms with Crippen LogP contribution < -0.4 is 10.9 Å². The molecule has 17 heavy (non-hydrogen) atoms. The summed E-state index contributed by atoms with van der Waals surface area (Å²) in [5.41, 5.74) is 4.92. The van der Waals surface area contributed by atoms with E-state index < -0.39 is 11.7 Å². The smallest absolute Gasteiger partial charge is 0.422 e. The first-order chi connectivity index (χ1) is 7.90. The largest absolute Gasteiger partial charge is 0.443 e. The fraction of sp³-hybridized carbons (Fsp3) is 0.909. The van der Waals surface area contributed by atoms with Gasteiger partial charge in [0, 0.05) is 19.1 Å². The molecule has 0 aromatic rings. The standard InChI is InChI=1S/C11H22FN3O2/c1-11(2,3)17-10(16)14-13-9-4-6-15(8-9)7-5-12/h9,13H,4-8H2,1-3H3,(H,14,16)/t9-/m0/s1. The van der Waals surface area contributed by atoms with Crippen molar-refractivity contribution in [3.05, 3.63) is 0 Å². The predicted octanol–water partition coefficient (Wildman–Crippen LogP) is 1.06. The van der Waals surface area contributed by atoms with Crippen LogP contribution in [0, 0.1) is 0 Å². The van der Waals surface area contributed by atoms with Crippen LogP contribution in [-0.4, -0.2) is 48.9 Å². The van der Waals surface area contributed by atoms with E-state index in [0.29, 0.717) is 6.54 Å². The first kappa shape index (κ1) is 14.2. The normalized spacial score (nSPS) is 21.5. The third-order valence-electron chi connectivity index (χ3n) is 2.45. The average Bonchev–Trinajstić information content (AvgIpc) is 2.61. The number of halogens is 1. The zero-order chi connectivity index (χ0) is 12.9. The highest BCUT2D eigenvalue weighted by Crippen LogP contribution is 2.08. The van der Waals surface area contributed by atoms with E-state index in [1.165, 1.54) is 0 Å². The van der Waals surface area contributed by atoms with Crippen LogP contribution >= 0.6 is 0 Å². The Labute approximate surface area is 102 Å². The molecule has 1 heterocycles. The molecule has 100 valence electrons. The summed E-state index contributed by atoms with van der Waals surface area (Å²) < 4.78 is 17.2. The van der Waals surface area contributed by atoms with Gasteiger partial charge in [0.25, 0.3) is 0 Å². The first-order valence-corrected chi connectivity index (χ1v) is 5.93. The van der Waals surface area contributed by atoms with Gasteiger partial charge in [0.05, 0.1) is 0 Å². The summed E-state index contributed by atoms with van der Waals surface area (Å²) in [5.74, 6) is 0. The van der Waals surface area contributed by atoms with Gasteiger partial charge in [-0.15, -0.1) is 0 Å². The van der Waals surface area contributed by atoms with Gasteiger partial charge in [0.2, 0.25) is 0 Å². The summed E-state index contributed by atoms with van der Waals surface area (Å²) >= 11 is 0. The van der Waals surface area contributed by atoms with Crippen molar-refractivity contribution in [1.82, 2.24) is 15.8 Å². The molecule has 1 fully saturated rings. The van der Waals surface area contributed by atoms with E-state index in [4.69, 9.17) is 4.74 Å². The molecule has 1 aliphatic rings. The number of likely N-dealkylation sites (tertiary alicyclic amines) is 1. The van der Waals surface area contributed by atoms with Gasteiger partial charge in [-0.3, -0.25) is 10.3 Å². The third kappa shape index (κ3) is 5.83. The van der Waals surface area contributed by atoms with Crippen LogP contribution in [0.5, 0.6) is 0 Å². The number of rotatable bonds is 4. The van der Waals surface area contributed by atoms with Gasteiger partial charge in [-0.2, -0.15) is 0 Å². The number of nitrogens with zero attached hydrogens (tertiary/aromatic N) is 1. The maximum Gasteiger partial charge on any atom is 0.422 e. The number of ether oxygens (including phenoxy) is 1. The number of alkyl halides is 1. The molecular weight excluding hydrogens is 225 g/mol. The number of hydrogen-bond donors (Lipinski definition) is 2. The number of nitrogens with one attached hydrogen (secondary N) is 2. The molecule has 0 radical (unpaired) electrons. The molecule has 1 aliphatic heterocycles. The van der Waals surface area contributed by atoms with Gasteiger partial charge >= 0.3 is 6.09 Å². The Hall–Kier alpha value is -0.880. The molecule has 1 atom stereocenters. The van der Waals surface area contributed by atoms with E-state index in [2.05, 4.69) is 10.9 Å². The minimum atomic E-state index is -0.498. The molecule has 0 aliphatic carbocycles. The molecule has 0 unspecified atom stereocenters. The van der Waals surface area contributed by atoms with Crippen molar-refractivity contribution in [3.8, 4) is 0 Å². The van der Waals surface area contributed by atoms with Crippen LogP contribution in [0.15, 0.2) is 0 Å². The fourth-order valence-electron chi connectivity index (χ4n) is 1.74. The molecule has 1 rings (SSSR count). The highest BCUT2D eigenvalue weighted by Gasteiger charge is 2.23. The second kappa shape index (κ2) is 6.16. The highest BCUT2D eigenvalue weighted by atomic mass is 19.1. The zero-order valence-electron chi connectivity index (χ0n) is 10.8. The lowest BCUT2D eigenvalue weighted by molar-refractivity contribution is 0.0488. The van der Waals surface area contributed by atoms with E-state index in [1.807, 2.05) is 25.7 Å². The predicted molar refractivity (Wildman–Crippen MR) is 63.3 cm³/mol. The van der Waals surface area contributed by atoms with Crippen molar-refractivity contribution in [2.24, 2.45) is 0 Å². The van der Waals surface area contributed by atoms with Crippen molar-refractivity contribution in [3.63, 3.8) is 0 Å². The molecule has 0 saturated carbocycles. The number of amides is 1. The van der Waals surface area contributed by atoms with Gasteiger partial charge in [0.15, 0.2) is 0 Å². The molecular formula is C11H22FN3O2. The van der Waals surface area contributed by atoms with E-state index in [0.717, 1.165) is 19.5 Å². The first-order valence-electron chi connectivity index (χ1n) is 5.93. The molecule has 0 bridgehead atoms.